The first-order chi connectivity index (χ1) is 14.8. The van der Waals surface area contributed by atoms with Crippen LogP contribution in [0, 0.1) is 11.6 Å². The van der Waals surface area contributed by atoms with Crippen molar-refractivity contribution >= 4 is 56.5 Å². The van der Waals surface area contributed by atoms with Gasteiger partial charge in [-0.25, -0.2) is 13.8 Å². The zero-order valence-electron chi connectivity index (χ0n) is 16.0. The molecule has 158 valence electrons. The van der Waals surface area contributed by atoms with Crippen molar-refractivity contribution in [2.45, 2.75) is 5.16 Å². The zero-order valence-corrected chi connectivity index (χ0v) is 18.4. The molecule has 1 amide bonds. The molecule has 0 saturated heterocycles. The Labute approximate surface area is 188 Å². The molecule has 2 aromatic carbocycles. The molecule has 0 saturated carbocycles. The van der Waals surface area contributed by atoms with Crippen LogP contribution < -0.4 is 10.5 Å². The number of nitrogens with zero attached hydrogens (tertiary/aromatic N) is 3. The lowest BCUT2D eigenvalue weighted by Crippen LogP contribution is -2.28. The molecule has 10 heteroatoms. The highest BCUT2D eigenvalue weighted by Gasteiger charge is 2.18. The maximum atomic E-state index is 13.8. The number of halogens is 3. The number of rotatable bonds is 5. The Hall–Kier alpha value is -2.75. The molecule has 5 nitrogen and oxygen atoms in total. The first kappa shape index (κ1) is 21.5. The van der Waals surface area contributed by atoms with Crippen molar-refractivity contribution in [1.29, 1.82) is 0 Å². The van der Waals surface area contributed by atoms with Crippen molar-refractivity contribution < 1.29 is 13.6 Å². The molecule has 0 aliphatic carbocycles. The minimum absolute atomic E-state index is 0.00319. The number of hydrogen-bond acceptors (Lipinski definition) is 5. The molecule has 2 heterocycles. The summed E-state index contributed by atoms with van der Waals surface area (Å²) >= 11 is 8.19. The predicted molar refractivity (Wildman–Crippen MR) is 121 cm³/mol. The topological polar surface area (TPSA) is 55.2 Å². The molecular weight excluding hydrogens is 464 g/mol. The van der Waals surface area contributed by atoms with Crippen molar-refractivity contribution in [3.63, 3.8) is 0 Å². The lowest BCUT2D eigenvalue weighted by Gasteiger charge is -2.18. The van der Waals surface area contributed by atoms with Crippen molar-refractivity contribution in [2.75, 3.05) is 17.7 Å². The maximum Gasteiger partial charge on any atom is 0.276 e. The third-order valence-electron chi connectivity index (χ3n) is 4.45. The number of anilines is 1. The molecule has 0 N–H and O–H groups in total. The number of carbonyl (C=O) groups excluding carboxylic acids is 1. The zero-order chi connectivity index (χ0) is 22.1. The predicted octanol–water partition coefficient (Wildman–Crippen LogP) is 5.13. The van der Waals surface area contributed by atoms with Crippen LogP contribution in [0.3, 0.4) is 0 Å². The second-order valence-electron chi connectivity index (χ2n) is 6.52. The van der Waals surface area contributed by atoms with Crippen molar-refractivity contribution in [3.05, 3.63) is 80.9 Å². The number of aromatic nitrogens is 2. The largest absolute Gasteiger partial charge is 0.315 e. The molecule has 0 aliphatic rings. The normalized spacial score (nSPS) is 11.1. The first-order valence-electron chi connectivity index (χ1n) is 8.95. The van der Waals surface area contributed by atoms with Gasteiger partial charge in [-0.2, -0.15) is 0 Å². The van der Waals surface area contributed by atoms with E-state index in [9.17, 15) is 18.4 Å². The average Bonchev–Trinajstić information content (AvgIpc) is 3.19. The second-order valence-corrected chi connectivity index (χ2v) is 8.81. The Bertz CT molecular complexity index is 1340. The van der Waals surface area contributed by atoms with Crippen molar-refractivity contribution in [3.8, 4) is 5.69 Å². The van der Waals surface area contributed by atoms with Crippen LogP contribution >= 0.6 is 34.7 Å². The van der Waals surface area contributed by atoms with Crippen LogP contribution in [0.1, 0.15) is 0 Å². The third kappa shape index (κ3) is 4.48. The molecule has 0 spiro atoms. The summed E-state index contributed by atoms with van der Waals surface area (Å²) in [7, 11) is 1.61. The summed E-state index contributed by atoms with van der Waals surface area (Å²) in [5.74, 6) is -1.95. The highest BCUT2D eigenvalue weighted by molar-refractivity contribution is 7.99. The highest BCUT2D eigenvalue weighted by atomic mass is 35.5. The van der Waals surface area contributed by atoms with Gasteiger partial charge in [-0.1, -0.05) is 29.4 Å². The Morgan fingerprint density at radius 1 is 1.19 bits per heavy atom. The van der Waals surface area contributed by atoms with E-state index in [-0.39, 0.29) is 22.5 Å². The maximum absolute atomic E-state index is 13.8. The summed E-state index contributed by atoms with van der Waals surface area (Å²) in [6, 6.07) is 11.3. The number of benzene rings is 2. The van der Waals surface area contributed by atoms with Crippen LogP contribution in [0.5, 0.6) is 0 Å². The number of hydrogen-bond donors (Lipinski definition) is 0. The van der Waals surface area contributed by atoms with E-state index in [1.54, 1.807) is 42.8 Å². The number of fused-ring (bicyclic) bond motifs is 1. The van der Waals surface area contributed by atoms with Crippen LogP contribution in [0.25, 0.3) is 15.9 Å². The Kier molecular flexibility index (Phi) is 6.08. The van der Waals surface area contributed by atoms with Gasteiger partial charge < -0.3 is 4.90 Å². The lowest BCUT2D eigenvalue weighted by molar-refractivity contribution is -0.115. The molecule has 4 rings (SSSR count). The van der Waals surface area contributed by atoms with Gasteiger partial charge in [0, 0.05) is 23.8 Å². The summed E-state index contributed by atoms with van der Waals surface area (Å²) in [4.78, 5) is 31.6. The fourth-order valence-electron chi connectivity index (χ4n) is 2.94. The van der Waals surface area contributed by atoms with Crippen LogP contribution in [0.4, 0.5) is 14.5 Å². The standard InChI is InChI=1S/C21H14ClF2N3O2S2/c1-26(15-4-2-3-12(22)7-15)18(28)11-31-21-25-17-5-6-30-19(17)20(29)27(21)16-9-13(23)8-14(24)10-16/h2-10H,11H2,1H3. The van der Waals surface area contributed by atoms with E-state index in [1.165, 1.54) is 16.2 Å². The number of amides is 1. The van der Waals surface area contributed by atoms with E-state index >= 15 is 0 Å². The van der Waals surface area contributed by atoms with Gasteiger partial charge in [0.1, 0.15) is 16.3 Å². The Balaban J connectivity index is 1.70. The summed E-state index contributed by atoms with van der Waals surface area (Å²) in [6.45, 7) is 0. The van der Waals surface area contributed by atoms with Crippen molar-refractivity contribution in [1.82, 2.24) is 9.55 Å². The molecule has 4 aromatic rings. The molecule has 0 radical (unpaired) electrons. The molecule has 2 aromatic heterocycles. The first-order valence-corrected chi connectivity index (χ1v) is 11.2. The van der Waals surface area contributed by atoms with Gasteiger partial charge in [-0.15, -0.1) is 11.3 Å². The van der Waals surface area contributed by atoms with E-state index < -0.39 is 17.2 Å². The van der Waals surface area contributed by atoms with E-state index in [4.69, 9.17) is 11.6 Å². The van der Waals surface area contributed by atoms with E-state index in [0.717, 1.165) is 34.5 Å². The van der Waals surface area contributed by atoms with Crippen molar-refractivity contribution in [2.24, 2.45) is 0 Å². The fourth-order valence-corrected chi connectivity index (χ4v) is 4.81. The van der Waals surface area contributed by atoms with E-state index in [1.807, 2.05) is 0 Å². The van der Waals surface area contributed by atoms with Gasteiger partial charge in [-0.05, 0) is 41.8 Å². The quantitative estimate of drug-likeness (QED) is 0.295. The molecule has 0 unspecified atom stereocenters. The summed E-state index contributed by atoms with van der Waals surface area (Å²) in [5.41, 5.74) is 0.622. The lowest BCUT2D eigenvalue weighted by atomic mass is 10.3. The average molecular weight is 478 g/mol. The molecule has 0 aliphatic heterocycles. The summed E-state index contributed by atoms with van der Waals surface area (Å²) < 4.78 is 29.1. The molecular formula is C21H14ClF2N3O2S2. The number of thioether (sulfide) groups is 1. The minimum Gasteiger partial charge on any atom is -0.315 e. The Morgan fingerprint density at radius 2 is 1.94 bits per heavy atom. The van der Waals surface area contributed by atoms with Gasteiger partial charge in [0.2, 0.25) is 5.91 Å². The van der Waals surface area contributed by atoms with Crippen LogP contribution in [-0.2, 0) is 4.79 Å². The van der Waals surface area contributed by atoms with Crippen LogP contribution in [-0.4, -0.2) is 28.3 Å². The highest BCUT2D eigenvalue weighted by Crippen LogP contribution is 2.26. The number of carbonyl (C=O) groups is 1. The molecule has 0 fully saturated rings. The van der Waals surface area contributed by atoms with Gasteiger partial charge in [0.05, 0.1) is 17.0 Å². The van der Waals surface area contributed by atoms with Crippen LogP contribution in [0.2, 0.25) is 5.02 Å². The van der Waals surface area contributed by atoms with E-state index in [0.29, 0.717) is 20.9 Å². The fraction of sp³-hybridized carbons (Fsp3) is 0.0952. The minimum atomic E-state index is -0.819. The van der Waals surface area contributed by atoms with Crippen LogP contribution in [0.15, 0.2) is 63.9 Å². The molecule has 0 atom stereocenters. The SMILES string of the molecule is CN(C(=O)CSc1nc2ccsc2c(=O)n1-c1cc(F)cc(F)c1)c1cccc(Cl)c1. The van der Waals surface area contributed by atoms with Gasteiger partial charge >= 0.3 is 0 Å². The third-order valence-corrected chi connectivity index (χ3v) is 6.50. The number of thiophene rings is 1. The van der Waals surface area contributed by atoms with Gasteiger partial charge in [0.15, 0.2) is 5.16 Å². The molecule has 0 bridgehead atoms. The monoisotopic (exact) mass is 477 g/mol. The van der Waals surface area contributed by atoms with E-state index in [2.05, 4.69) is 4.98 Å². The summed E-state index contributed by atoms with van der Waals surface area (Å²) in [6.07, 6.45) is 0. The van der Waals surface area contributed by atoms with Gasteiger partial charge in [0.25, 0.3) is 5.56 Å². The second kappa shape index (κ2) is 8.78. The molecule has 31 heavy (non-hydrogen) atoms. The van der Waals surface area contributed by atoms with Gasteiger partial charge in [-0.3, -0.25) is 14.2 Å². The summed E-state index contributed by atoms with van der Waals surface area (Å²) in [5, 5.41) is 2.37. The smallest absolute Gasteiger partial charge is 0.276 e. The Morgan fingerprint density at radius 3 is 2.65 bits per heavy atom.